The molecule has 0 spiro atoms. The number of nitrogen functional groups attached to an aromatic ring is 2. The zero-order chi connectivity index (χ0) is 21.6. The van der Waals surface area contributed by atoms with Crippen LogP contribution in [0.5, 0.6) is 0 Å². The maximum absolute atomic E-state index is 6.45. The molecular weight excluding hydrogens is 382 g/mol. The number of anilines is 2. The molecular formula is C27H27N3O. The van der Waals surface area contributed by atoms with E-state index in [9.17, 15) is 0 Å². The van der Waals surface area contributed by atoms with E-state index in [-0.39, 0.29) is 6.10 Å². The second kappa shape index (κ2) is 9.47. The topological polar surface area (TPSA) is 87.3 Å². The third-order valence-corrected chi connectivity index (χ3v) is 5.36. The molecule has 4 aromatic carbocycles. The average Bonchev–Trinajstić information content (AvgIpc) is 2.81. The normalized spacial score (nSPS) is 11.9. The van der Waals surface area contributed by atoms with Gasteiger partial charge in [-0.15, -0.1) is 0 Å². The fourth-order valence-electron chi connectivity index (χ4n) is 3.96. The Morgan fingerprint density at radius 3 is 1.84 bits per heavy atom. The Kier molecular flexibility index (Phi) is 6.32. The maximum atomic E-state index is 6.45. The molecule has 0 aliphatic carbocycles. The van der Waals surface area contributed by atoms with Crippen LogP contribution in [0.3, 0.4) is 0 Å². The zero-order valence-electron chi connectivity index (χ0n) is 17.4. The van der Waals surface area contributed by atoms with Crippen LogP contribution in [0.15, 0.2) is 97.1 Å². The third kappa shape index (κ3) is 4.31. The minimum atomic E-state index is -0.288. The summed E-state index contributed by atoms with van der Waals surface area (Å²) in [4.78, 5) is 0. The summed E-state index contributed by atoms with van der Waals surface area (Å²) in [6.45, 7) is 0.887. The molecule has 0 fully saturated rings. The number of hydrogen-bond acceptors (Lipinski definition) is 4. The van der Waals surface area contributed by atoms with Gasteiger partial charge in [-0.3, -0.25) is 0 Å². The SMILES string of the molecule is NCCOC(c1ccccc1)c1cccc(-c2ccccc2N)c1-c1ccccc1N. The van der Waals surface area contributed by atoms with E-state index in [1.807, 2.05) is 72.8 Å². The Hall–Kier alpha value is -3.60. The molecule has 6 N–H and O–H groups in total. The van der Waals surface area contributed by atoms with E-state index in [2.05, 4.69) is 24.3 Å². The summed E-state index contributed by atoms with van der Waals surface area (Å²) < 4.78 is 6.29. The molecule has 0 aliphatic rings. The first kappa shape index (κ1) is 20.7. The highest BCUT2D eigenvalue weighted by Gasteiger charge is 2.23. The lowest BCUT2D eigenvalue weighted by atomic mass is 9.85. The van der Waals surface area contributed by atoms with Crippen molar-refractivity contribution in [2.75, 3.05) is 24.6 Å². The van der Waals surface area contributed by atoms with Crippen molar-refractivity contribution in [3.63, 3.8) is 0 Å². The molecule has 1 atom stereocenters. The Morgan fingerprint density at radius 1 is 0.613 bits per heavy atom. The summed E-state index contributed by atoms with van der Waals surface area (Å²) in [5.41, 5.74) is 26.1. The van der Waals surface area contributed by atoms with Crippen LogP contribution in [0.1, 0.15) is 17.2 Å². The molecule has 1 unspecified atom stereocenters. The summed E-state index contributed by atoms with van der Waals surface area (Å²) in [6, 6.07) is 32.2. The molecule has 0 amide bonds. The Labute approximate surface area is 183 Å². The van der Waals surface area contributed by atoms with E-state index in [1.165, 1.54) is 0 Å². The average molecular weight is 410 g/mol. The van der Waals surface area contributed by atoms with Gasteiger partial charge in [-0.1, -0.05) is 84.9 Å². The summed E-state index contributed by atoms with van der Waals surface area (Å²) in [7, 11) is 0. The van der Waals surface area contributed by atoms with Crippen LogP contribution in [-0.4, -0.2) is 13.2 Å². The molecule has 0 saturated heterocycles. The minimum absolute atomic E-state index is 0.288. The van der Waals surface area contributed by atoms with Crippen molar-refractivity contribution in [2.45, 2.75) is 6.10 Å². The number of rotatable bonds is 7. The van der Waals surface area contributed by atoms with Gasteiger partial charge in [0.15, 0.2) is 0 Å². The van der Waals surface area contributed by atoms with Crippen LogP contribution in [0, 0.1) is 0 Å². The van der Waals surface area contributed by atoms with Crippen LogP contribution >= 0.6 is 0 Å². The smallest absolute Gasteiger partial charge is 0.108 e. The van der Waals surface area contributed by atoms with Crippen LogP contribution in [0.4, 0.5) is 11.4 Å². The first-order valence-electron chi connectivity index (χ1n) is 10.4. The summed E-state index contributed by atoms with van der Waals surface area (Å²) >= 11 is 0. The Bertz CT molecular complexity index is 1160. The summed E-state index contributed by atoms with van der Waals surface area (Å²) in [5, 5.41) is 0. The van der Waals surface area contributed by atoms with Crippen molar-refractivity contribution < 1.29 is 4.74 Å². The van der Waals surface area contributed by atoms with Crippen molar-refractivity contribution in [3.8, 4) is 22.3 Å². The van der Waals surface area contributed by atoms with E-state index in [0.29, 0.717) is 18.8 Å². The second-order valence-corrected chi connectivity index (χ2v) is 7.39. The van der Waals surface area contributed by atoms with E-state index in [0.717, 1.165) is 39.1 Å². The molecule has 4 heteroatoms. The highest BCUT2D eigenvalue weighted by molar-refractivity contribution is 5.94. The van der Waals surface area contributed by atoms with Gasteiger partial charge in [-0.05, 0) is 34.4 Å². The van der Waals surface area contributed by atoms with Gasteiger partial charge >= 0.3 is 0 Å². The van der Waals surface area contributed by atoms with Gasteiger partial charge in [0.1, 0.15) is 6.10 Å². The molecule has 0 saturated carbocycles. The summed E-state index contributed by atoms with van der Waals surface area (Å²) in [5.74, 6) is 0. The molecule has 0 bridgehead atoms. The van der Waals surface area contributed by atoms with Crippen molar-refractivity contribution in [1.29, 1.82) is 0 Å². The molecule has 0 radical (unpaired) electrons. The van der Waals surface area contributed by atoms with E-state index >= 15 is 0 Å². The van der Waals surface area contributed by atoms with Crippen LogP contribution in [0.25, 0.3) is 22.3 Å². The zero-order valence-corrected chi connectivity index (χ0v) is 17.4. The highest BCUT2D eigenvalue weighted by atomic mass is 16.5. The molecule has 0 aliphatic heterocycles. The van der Waals surface area contributed by atoms with Gasteiger partial charge in [-0.25, -0.2) is 0 Å². The fourth-order valence-corrected chi connectivity index (χ4v) is 3.96. The van der Waals surface area contributed by atoms with Gasteiger partial charge in [0.05, 0.1) is 6.61 Å². The lowest BCUT2D eigenvalue weighted by molar-refractivity contribution is 0.0868. The second-order valence-electron chi connectivity index (χ2n) is 7.39. The third-order valence-electron chi connectivity index (χ3n) is 5.36. The van der Waals surface area contributed by atoms with Crippen molar-refractivity contribution in [2.24, 2.45) is 5.73 Å². The van der Waals surface area contributed by atoms with Crippen molar-refractivity contribution in [3.05, 3.63) is 108 Å². The predicted octanol–water partition coefficient (Wildman–Crippen LogP) is 5.25. The number of hydrogen-bond donors (Lipinski definition) is 3. The largest absolute Gasteiger partial charge is 0.398 e. The molecule has 4 aromatic rings. The quantitative estimate of drug-likeness (QED) is 0.364. The van der Waals surface area contributed by atoms with Crippen LogP contribution < -0.4 is 17.2 Å². The highest BCUT2D eigenvalue weighted by Crippen LogP contribution is 2.43. The Morgan fingerprint density at radius 2 is 1.19 bits per heavy atom. The van der Waals surface area contributed by atoms with Crippen molar-refractivity contribution >= 4 is 11.4 Å². The van der Waals surface area contributed by atoms with Gasteiger partial charge in [0.2, 0.25) is 0 Å². The molecule has 0 aromatic heterocycles. The van der Waals surface area contributed by atoms with Gasteiger partial charge < -0.3 is 21.9 Å². The number of para-hydroxylation sites is 2. The number of benzene rings is 4. The van der Waals surface area contributed by atoms with Gasteiger partial charge in [0.25, 0.3) is 0 Å². The lowest BCUT2D eigenvalue weighted by Crippen LogP contribution is -2.15. The number of ether oxygens (including phenoxy) is 1. The first-order chi connectivity index (χ1) is 15.2. The minimum Gasteiger partial charge on any atom is -0.398 e. The van der Waals surface area contributed by atoms with E-state index in [4.69, 9.17) is 21.9 Å². The van der Waals surface area contributed by atoms with Crippen molar-refractivity contribution in [1.82, 2.24) is 0 Å². The lowest BCUT2D eigenvalue weighted by Gasteiger charge is -2.25. The fraction of sp³-hybridized carbons (Fsp3) is 0.111. The summed E-state index contributed by atoms with van der Waals surface area (Å²) in [6.07, 6.45) is -0.288. The van der Waals surface area contributed by atoms with Gasteiger partial charge in [0, 0.05) is 29.0 Å². The predicted molar refractivity (Wildman–Crippen MR) is 129 cm³/mol. The monoisotopic (exact) mass is 409 g/mol. The molecule has 31 heavy (non-hydrogen) atoms. The molecule has 0 heterocycles. The number of nitrogens with two attached hydrogens (primary N) is 3. The molecule has 4 nitrogen and oxygen atoms in total. The van der Waals surface area contributed by atoms with E-state index in [1.54, 1.807) is 0 Å². The standard InChI is InChI=1S/C27H27N3O/c28-17-18-31-27(19-9-2-1-3-10-19)23-14-8-13-21(20-11-4-6-15-24(20)29)26(23)22-12-5-7-16-25(22)30/h1-16,27H,17-18,28-30H2. The van der Waals surface area contributed by atoms with Crippen LogP contribution in [0.2, 0.25) is 0 Å². The van der Waals surface area contributed by atoms with Gasteiger partial charge in [-0.2, -0.15) is 0 Å². The van der Waals surface area contributed by atoms with Crippen LogP contribution in [-0.2, 0) is 4.74 Å². The molecule has 156 valence electrons. The van der Waals surface area contributed by atoms with E-state index < -0.39 is 0 Å². The molecule has 4 rings (SSSR count). The maximum Gasteiger partial charge on any atom is 0.108 e. The Balaban J connectivity index is 2.01. The first-order valence-corrected chi connectivity index (χ1v) is 10.4.